The van der Waals surface area contributed by atoms with Crippen molar-refractivity contribution >= 4 is 11.9 Å². The van der Waals surface area contributed by atoms with Gasteiger partial charge in [-0.2, -0.15) is 0 Å². The van der Waals surface area contributed by atoms with Crippen LogP contribution in [0.1, 0.15) is 23.2 Å². The molecule has 0 saturated heterocycles. The second-order valence-corrected chi connectivity index (χ2v) is 6.53. The summed E-state index contributed by atoms with van der Waals surface area (Å²) in [7, 11) is 1.51. The second kappa shape index (κ2) is 7.01. The summed E-state index contributed by atoms with van der Waals surface area (Å²) >= 11 is 0. The number of guanidine groups is 1. The van der Waals surface area contributed by atoms with Gasteiger partial charge in [-0.15, -0.1) is 0 Å². The topological polar surface area (TPSA) is 97.4 Å². The minimum Gasteiger partial charge on any atom is -0.369 e. The zero-order valence-electron chi connectivity index (χ0n) is 15.3. The fourth-order valence-corrected chi connectivity index (χ4v) is 3.26. The largest absolute Gasteiger partial charge is 0.369 e. The van der Waals surface area contributed by atoms with Crippen molar-refractivity contribution in [1.29, 1.82) is 0 Å². The van der Waals surface area contributed by atoms with Crippen LogP contribution in [-0.2, 0) is 10.3 Å². The van der Waals surface area contributed by atoms with Gasteiger partial charge in [-0.1, -0.05) is 18.2 Å². The third-order valence-electron chi connectivity index (χ3n) is 4.82. The molecule has 3 aromatic rings. The van der Waals surface area contributed by atoms with Crippen LogP contribution < -0.4 is 5.73 Å². The molecule has 0 radical (unpaired) electrons. The van der Waals surface area contributed by atoms with E-state index in [1.165, 1.54) is 30.4 Å². The van der Waals surface area contributed by atoms with E-state index in [1.807, 2.05) is 6.07 Å². The predicted octanol–water partition coefficient (Wildman–Crippen LogP) is 2.51. The van der Waals surface area contributed by atoms with Gasteiger partial charge in [0.25, 0.3) is 12.3 Å². The van der Waals surface area contributed by atoms with E-state index in [0.29, 0.717) is 5.56 Å². The number of aromatic nitrogens is 3. The summed E-state index contributed by atoms with van der Waals surface area (Å²) in [6, 6.07) is 9.73. The Balaban J connectivity index is 1.90. The summed E-state index contributed by atoms with van der Waals surface area (Å²) in [6.45, 7) is 0. The highest BCUT2D eigenvalue weighted by molar-refractivity contribution is 6.08. The van der Waals surface area contributed by atoms with Gasteiger partial charge in [0.2, 0.25) is 5.54 Å². The summed E-state index contributed by atoms with van der Waals surface area (Å²) in [4.78, 5) is 31.0. The number of aliphatic imine (C=N–C) groups is 1. The Labute approximate surface area is 165 Å². The minimum atomic E-state index is -2.66. The SMILES string of the molecule is CN1C(=O)C(c2cccc(-c3cncnc3)c2)(c2ccc(C(F)F)cn2)N=C1N. The van der Waals surface area contributed by atoms with Crippen molar-refractivity contribution in [2.24, 2.45) is 10.7 Å². The molecule has 9 heteroatoms. The molecule has 0 bridgehead atoms. The molecule has 4 rings (SSSR count). The molecule has 0 spiro atoms. The Morgan fingerprint density at radius 1 is 1.07 bits per heavy atom. The average Bonchev–Trinajstić information content (AvgIpc) is 2.99. The monoisotopic (exact) mass is 394 g/mol. The van der Waals surface area contributed by atoms with Gasteiger partial charge in [-0.25, -0.2) is 23.7 Å². The first-order valence-electron chi connectivity index (χ1n) is 8.67. The first kappa shape index (κ1) is 18.6. The Morgan fingerprint density at radius 3 is 2.41 bits per heavy atom. The van der Waals surface area contributed by atoms with Crippen LogP contribution in [0, 0.1) is 0 Å². The molecule has 2 aromatic heterocycles. The van der Waals surface area contributed by atoms with E-state index >= 15 is 0 Å². The second-order valence-electron chi connectivity index (χ2n) is 6.53. The Kier molecular flexibility index (Phi) is 4.50. The smallest absolute Gasteiger partial charge is 0.267 e. The van der Waals surface area contributed by atoms with Gasteiger partial charge in [0.1, 0.15) is 6.33 Å². The number of nitrogens with zero attached hydrogens (tertiary/aromatic N) is 5. The summed E-state index contributed by atoms with van der Waals surface area (Å²) in [5.41, 5.74) is 6.36. The van der Waals surface area contributed by atoms with Gasteiger partial charge in [0.05, 0.1) is 5.69 Å². The van der Waals surface area contributed by atoms with E-state index < -0.39 is 17.9 Å². The van der Waals surface area contributed by atoms with Crippen molar-refractivity contribution in [1.82, 2.24) is 19.9 Å². The molecule has 1 atom stereocenters. The molecule has 0 fully saturated rings. The number of pyridine rings is 1. The number of alkyl halides is 2. The number of carbonyl (C=O) groups is 1. The average molecular weight is 394 g/mol. The molecule has 1 aromatic carbocycles. The maximum Gasteiger partial charge on any atom is 0.267 e. The molecule has 1 unspecified atom stereocenters. The van der Waals surface area contributed by atoms with Crippen LogP contribution in [0.3, 0.4) is 0 Å². The lowest BCUT2D eigenvalue weighted by atomic mass is 9.84. The fourth-order valence-electron chi connectivity index (χ4n) is 3.26. The van der Waals surface area contributed by atoms with Crippen LogP contribution in [0.4, 0.5) is 8.78 Å². The van der Waals surface area contributed by atoms with Gasteiger partial charge in [-0.05, 0) is 29.3 Å². The molecular weight excluding hydrogens is 378 g/mol. The van der Waals surface area contributed by atoms with Gasteiger partial charge in [0.15, 0.2) is 5.96 Å². The van der Waals surface area contributed by atoms with Gasteiger partial charge < -0.3 is 5.73 Å². The van der Waals surface area contributed by atoms with Crippen molar-refractivity contribution in [2.75, 3.05) is 7.05 Å². The highest BCUT2D eigenvalue weighted by Gasteiger charge is 2.50. The first-order valence-corrected chi connectivity index (χ1v) is 8.67. The summed E-state index contributed by atoms with van der Waals surface area (Å²) in [6.07, 6.45) is 3.10. The number of hydrogen-bond acceptors (Lipinski definition) is 6. The highest BCUT2D eigenvalue weighted by atomic mass is 19.3. The van der Waals surface area contributed by atoms with Crippen molar-refractivity contribution in [3.8, 4) is 11.1 Å². The van der Waals surface area contributed by atoms with Gasteiger partial charge in [0, 0.05) is 36.8 Å². The molecule has 146 valence electrons. The molecule has 1 aliphatic heterocycles. The van der Waals surface area contributed by atoms with E-state index in [2.05, 4.69) is 19.9 Å². The molecule has 29 heavy (non-hydrogen) atoms. The van der Waals surface area contributed by atoms with Crippen molar-refractivity contribution in [2.45, 2.75) is 12.0 Å². The summed E-state index contributed by atoms with van der Waals surface area (Å²) in [5.74, 6) is -0.406. The molecule has 7 nitrogen and oxygen atoms in total. The highest BCUT2D eigenvalue weighted by Crippen LogP contribution is 2.39. The Bertz CT molecular complexity index is 1090. The number of likely N-dealkylation sites (N-methyl/N-ethyl adjacent to an activating group) is 1. The normalized spacial score (nSPS) is 19.0. The standard InChI is InChI=1S/C20H16F2N6O/c1-28-18(29)20(27-19(28)23,16-6-5-13(10-26-16)17(21)22)15-4-2-3-12(7-15)14-8-24-11-25-9-14/h2-11,17H,1H3,(H2,23,27). The third-order valence-corrected chi connectivity index (χ3v) is 4.82. The number of rotatable bonds is 4. The predicted molar refractivity (Wildman–Crippen MR) is 102 cm³/mol. The molecular formula is C20H16F2N6O. The van der Waals surface area contributed by atoms with Crippen molar-refractivity contribution in [3.63, 3.8) is 0 Å². The van der Waals surface area contributed by atoms with E-state index in [-0.39, 0.29) is 17.2 Å². The van der Waals surface area contributed by atoms with Crippen molar-refractivity contribution in [3.05, 3.63) is 78.1 Å². The Hall–Kier alpha value is -3.75. The quantitative estimate of drug-likeness (QED) is 0.733. The zero-order chi connectivity index (χ0) is 20.6. The lowest BCUT2D eigenvalue weighted by Crippen LogP contribution is -2.41. The molecule has 0 aliphatic carbocycles. The van der Waals surface area contributed by atoms with Crippen LogP contribution >= 0.6 is 0 Å². The first-order chi connectivity index (χ1) is 13.9. The number of halogens is 2. The number of nitrogens with two attached hydrogens (primary N) is 1. The molecule has 3 heterocycles. The number of hydrogen-bond donors (Lipinski definition) is 1. The molecule has 1 aliphatic rings. The van der Waals surface area contributed by atoms with Crippen LogP contribution in [0.25, 0.3) is 11.1 Å². The van der Waals surface area contributed by atoms with Gasteiger partial charge in [-0.3, -0.25) is 14.7 Å². The van der Waals surface area contributed by atoms with E-state index in [9.17, 15) is 13.6 Å². The lowest BCUT2D eigenvalue weighted by molar-refractivity contribution is -0.129. The molecule has 0 saturated carbocycles. The molecule has 1 amide bonds. The molecule has 2 N–H and O–H groups in total. The van der Waals surface area contributed by atoms with Crippen LogP contribution in [0.2, 0.25) is 0 Å². The van der Waals surface area contributed by atoms with Crippen LogP contribution in [0.5, 0.6) is 0 Å². The van der Waals surface area contributed by atoms with E-state index in [4.69, 9.17) is 5.73 Å². The van der Waals surface area contributed by atoms with E-state index in [0.717, 1.165) is 17.3 Å². The fraction of sp³-hybridized carbons (Fsp3) is 0.150. The number of carbonyl (C=O) groups excluding carboxylic acids is 1. The summed E-state index contributed by atoms with van der Waals surface area (Å²) < 4.78 is 25.9. The maximum atomic E-state index is 13.2. The summed E-state index contributed by atoms with van der Waals surface area (Å²) in [5, 5.41) is 0. The lowest BCUT2D eigenvalue weighted by Gasteiger charge is -2.25. The Morgan fingerprint density at radius 2 is 1.83 bits per heavy atom. The van der Waals surface area contributed by atoms with E-state index in [1.54, 1.807) is 30.6 Å². The zero-order valence-corrected chi connectivity index (χ0v) is 15.3. The maximum absolute atomic E-state index is 13.2. The number of amides is 1. The minimum absolute atomic E-state index is 0.0168. The third kappa shape index (κ3) is 3.00. The number of benzene rings is 1. The van der Waals surface area contributed by atoms with Gasteiger partial charge >= 0.3 is 0 Å². The van der Waals surface area contributed by atoms with Crippen LogP contribution in [-0.4, -0.2) is 38.8 Å². The van der Waals surface area contributed by atoms with Crippen molar-refractivity contribution < 1.29 is 13.6 Å². The van der Waals surface area contributed by atoms with Crippen LogP contribution in [0.15, 0.2) is 66.3 Å².